The lowest BCUT2D eigenvalue weighted by Crippen LogP contribution is -2.19. The number of carbonyl (C=O) groups excluding carboxylic acids is 1. The number of nitrogens with zero attached hydrogens (tertiary/aromatic N) is 2. The average Bonchev–Trinajstić information content (AvgIpc) is 3.23. The molecule has 150 valence electrons. The van der Waals surface area contributed by atoms with E-state index in [0.717, 1.165) is 34.7 Å². The van der Waals surface area contributed by atoms with Crippen LogP contribution in [0, 0.1) is 0 Å². The molecule has 0 radical (unpaired) electrons. The highest BCUT2D eigenvalue weighted by Gasteiger charge is 2.06. The molecule has 3 rings (SSSR count). The molecule has 1 aromatic heterocycles. The van der Waals surface area contributed by atoms with E-state index in [1.165, 1.54) is 6.08 Å². The number of aryl methyl sites for hydroxylation is 1. The van der Waals surface area contributed by atoms with E-state index in [-0.39, 0.29) is 5.91 Å². The van der Waals surface area contributed by atoms with Crippen LogP contribution < -0.4 is 14.8 Å². The van der Waals surface area contributed by atoms with Gasteiger partial charge in [-0.2, -0.15) is 5.10 Å². The van der Waals surface area contributed by atoms with Crippen molar-refractivity contribution < 1.29 is 14.3 Å². The Hall–Kier alpha value is -3.54. The van der Waals surface area contributed by atoms with E-state index in [1.54, 1.807) is 19.4 Å². The zero-order valence-electron chi connectivity index (χ0n) is 16.7. The summed E-state index contributed by atoms with van der Waals surface area (Å²) >= 11 is 0. The van der Waals surface area contributed by atoms with Crippen molar-refractivity contribution in [3.8, 4) is 11.5 Å². The summed E-state index contributed by atoms with van der Waals surface area (Å²) in [6, 6.07) is 15.3. The molecule has 1 amide bonds. The maximum Gasteiger partial charge on any atom is 0.244 e. The first-order chi connectivity index (χ1) is 14.2. The summed E-state index contributed by atoms with van der Waals surface area (Å²) < 4.78 is 13.1. The molecule has 2 aromatic carbocycles. The highest BCUT2D eigenvalue weighted by molar-refractivity contribution is 5.91. The van der Waals surface area contributed by atoms with Gasteiger partial charge in [0.25, 0.3) is 0 Å². The van der Waals surface area contributed by atoms with Gasteiger partial charge in [0.05, 0.1) is 13.3 Å². The maximum absolute atomic E-state index is 12.1. The molecule has 0 aliphatic rings. The number of aromatic nitrogens is 2. The lowest BCUT2D eigenvalue weighted by molar-refractivity contribution is -0.116. The minimum Gasteiger partial charge on any atom is -0.496 e. The normalized spacial score (nSPS) is 10.8. The van der Waals surface area contributed by atoms with Crippen molar-refractivity contribution in [2.45, 2.75) is 26.6 Å². The Bertz CT molecular complexity index is 965. The molecule has 0 unspecified atom stereocenters. The number of methoxy groups -OCH3 is 1. The molecule has 3 aromatic rings. The number of hydrogen-bond acceptors (Lipinski definition) is 4. The van der Waals surface area contributed by atoms with E-state index in [2.05, 4.69) is 10.4 Å². The van der Waals surface area contributed by atoms with Gasteiger partial charge in [-0.3, -0.25) is 9.48 Å². The summed E-state index contributed by atoms with van der Waals surface area (Å²) in [4.78, 5) is 12.1. The first-order valence-electron chi connectivity index (χ1n) is 9.50. The van der Waals surface area contributed by atoms with Crippen molar-refractivity contribution in [1.82, 2.24) is 15.1 Å². The smallest absolute Gasteiger partial charge is 0.244 e. The van der Waals surface area contributed by atoms with E-state index < -0.39 is 0 Å². The van der Waals surface area contributed by atoms with Crippen molar-refractivity contribution in [2.75, 3.05) is 7.11 Å². The zero-order chi connectivity index (χ0) is 20.5. The van der Waals surface area contributed by atoms with Crippen LogP contribution in [0.15, 0.2) is 67.0 Å². The molecule has 0 atom stereocenters. The lowest BCUT2D eigenvalue weighted by Gasteiger charge is -2.11. The number of ether oxygens (including phenoxy) is 2. The molecule has 6 nitrogen and oxygen atoms in total. The van der Waals surface area contributed by atoms with Gasteiger partial charge in [-0.25, -0.2) is 0 Å². The molecule has 0 bridgehead atoms. The molecular weight excluding hydrogens is 366 g/mol. The van der Waals surface area contributed by atoms with Crippen LogP contribution in [0.25, 0.3) is 6.08 Å². The number of benzene rings is 2. The first kappa shape index (κ1) is 20.2. The molecule has 0 spiro atoms. The minimum atomic E-state index is -0.160. The van der Waals surface area contributed by atoms with Crippen LogP contribution in [0.5, 0.6) is 11.5 Å². The van der Waals surface area contributed by atoms with Crippen LogP contribution in [0.1, 0.15) is 23.6 Å². The summed E-state index contributed by atoms with van der Waals surface area (Å²) in [6.45, 7) is 3.65. The molecular formula is C23H25N3O3. The van der Waals surface area contributed by atoms with Crippen molar-refractivity contribution in [2.24, 2.45) is 0 Å². The summed E-state index contributed by atoms with van der Waals surface area (Å²) in [5.41, 5.74) is 2.77. The van der Waals surface area contributed by atoms with E-state index in [1.807, 2.05) is 66.3 Å². The van der Waals surface area contributed by atoms with Gasteiger partial charge in [-0.1, -0.05) is 24.3 Å². The van der Waals surface area contributed by atoms with E-state index >= 15 is 0 Å². The fourth-order valence-electron chi connectivity index (χ4n) is 2.78. The largest absolute Gasteiger partial charge is 0.496 e. The predicted molar refractivity (Wildman–Crippen MR) is 113 cm³/mol. The summed E-state index contributed by atoms with van der Waals surface area (Å²) in [5, 5.41) is 7.06. The molecule has 29 heavy (non-hydrogen) atoms. The second-order valence-electron chi connectivity index (χ2n) is 6.43. The SMILES string of the molecule is CCn1cc(CNC(=O)/C=C/c2ccc(OC)c(COc3ccccc3)c2)cn1. The number of carbonyl (C=O) groups is 1. The van der Waals surface area contributed by atoms with Gasteiger partial charge in [0.15, 0.2) is 0 Å². The molecule has 0 aliphatic carbocycles. The third-order valence-corrected chi connectivity index (χ3v) is 4.35. The van der Waals surface area contributed by atoms with Crippen LogP contribution in [-0.2, 0) is 24.5 Å². The Morgan fingerprint density at radius 1 is 1.21 bits per heavy atom. The third kappa shape index (κ3) is 5.97. The van der Waals surface area contributed by atoms with Gasteiger partial charge < -0.3 is 14.8 Å². The number of para-hydroxylation sites is 1. The van der Waals surface area contributed by atoms with Gasteiger partial charge in [-0.15, -0.1) is 0 Å². The molecule has 0 fully saturated rings. The number of hydrogen-bond donors (Lipinski definition) is 1. The van der Waals surface area contributed by atoms with Crippen molar-refractivity contribution in [1.29, 1.82) is 0 Å². The Kier molecular flexibility index (Phi) is 7.05. The fourth-order valence-corrected chi connectivity index (χ4v) is 2.78. The maximum atomic E-state index is 12.1. The Balaban J connectivity index is 1.59. The van der Waals surface area contributed by atoms with Crippen molar-refractivity contribution in [3.63, 3.8) is 0 Å². The summed E-state index contributed by atoms with van der Waals surface area (Å²) in [6.07, 6.45) is 6.98. The molecule has 0 saturated heterocycles. The van der Waals surface area contributed by atoms with Gasteiger partial charge >= 0.3 is 0 Å². The quantitative estimate of drug-likeness (QED) is 0.563. The van der Waals surface area contributed by atoms with E-state index in [9.17, 15) is 4.79 Å². The summed E-state index contributed by atoms with van der Waals surface area (Å²) in [5.74, 6) is 1.38. The molecule has 6 heteroatoms. The molecule has 0 aliphatic heterocycles. The Morgan fingerprint density at radius 2 is 2.03 bits per heavy atom. The zero-order valence-corrected chi connectivity index (χ0v) is 16.7. The number of amides is 1. The average molecular weight is 391 g/mol. The summed E-state index contributed by atoms with van der Waals surface area (Å²) in [7, 11) is 1.63. The third-order valence-electron chi connectivity index (χ3n) is 4.35. The second-order valence-corrected chi connectivity index (χ2v) is 6.43. The number of nitrogens with one attached hydrogen (secondary N) is 1. The van der Waals surface area contributed by atoms with Gasteiger partial charge in [0.2, 0.25) is 5.91 Å². The minimum absolute atomic E-state index is 0.160. The van der Waals surface area contributed by atoms with Crippen LogP contribution in [0.3, 0.4) is 0 Å². The lowest BCUT2D eigenvalue weighted by atomic mass is 10.1. The van der Waals surface area contributed by atoms with E-state index in [0.29, 0.717) is 13.2 Å². The highest BCUT2D eigenvalue weighted by atomic mass is 16.5. The Labute approximate surface area is 170 Å². The molecule has 1 N–H and O–H groups in total. The number of rotatable bonds is 9. The van der Waals surface area contributed by atoms with Crippen LogP contribution >= 0.6 is 0 Å². The standard InChI is InChI=1S/C23H25N3O3/c1-3-26-16-19(15-25-26)14-24-23(27)12-10-18-9-11-22(28-2)20(13-18)17-29-21-7-5-4-6-8-21/h4-13,15-16H,3,14,17H2,1-2H3,(H,24,27)/b12-10+. The van der Waals surface area contributed by atoms with Crippen LogP contribution in [0.2, 0.25) is 0 Å². The van der Waals surface area contributed by atoms with Crippen molar-refractivity contribution >= 4 is 12.0 Å². The van der Waals surface area contributed by atoms with Crippen LogP contribution in [-0.4, -0.2) is 22.8 Å². The molecule has 1 heterocycles. The topological polar surface area (TPSA) is 65.4 Å². The van der Waals surface area contributed by atoms with Crippen molar-refractivity contribution in [3.05, 3.63) is 83.7 Å². The van der Waals surface area contributed by atoms with E-state index in [4.69, 9.17) is 9.47 Å². The van der Waals surface area contributed by atoms with Gasteiger partial charge in [0.1, 0.15) is 18.1 Å². The van der Waals surface area contributed by atoms with Gasteiger partial charge in [0, 0.05) is 36.5 Å². The molecule has 0 saturated carbocycles. The fraction of sp³-hybridized carbons (Fsp3) is 0.217. The highest BCUT2D eigenvalue weighted by Crippen LogP contribution is 2.22. The van der Waals surface area contributed by atoms with Crippen LogP contribution in [0.4, 0.5) is 0 Å². The van der Waals surface area contributed by atoms with Gasteiger partial charge in [-0.05, 0) is 42.8 Å². The first-order valence-corrected chi connectivity index (χ1v) is 9.50. The second kappa shape index (κ2) is 10.1. The Morgan fingerprint density at radius 3 is 2.76 bits per heavy atom. The predicted octanol–water partition coefficient (Wildman–Crippen LogP) is 3.82. The monoisotopic (exact) mass is 391 g/mol.